The fourth-order valence-corrected chi connectivity index (χ4v) is 2.88. The van der Waals surface area contributed by atoms with E-state index in [1.165, 1.54) is 18.5 Å². The molecule has 2 fully saturated rings. The van der Waals surface area contributed by atoms with Gasteiger partial charge in [-0.1, -0.05) is 0 Å². The second kappa shape index (κ2) is 6.47. The van der Waals surface area contributed by atoms with Crippen LogP contribution in [0.25, 0.3) is 0 Å². The standard InChI is InChI=1S/C15H24N4O2/c1-2-21-15(20)18-7-5-13(6-8-18)19-11-16-9-14(19)10-17-12-3-4-12/h9,11-13,17H,2-8,10H2,1H3. The monoisotopic (exact) mass is 292 g/mol. The van der Waals surface area contributed by atoms with E-state index in [9.17, 15) is 4.79 Å². The molecule has 1 saturated heterocycles. The van der Waals surface area contributed by atoms with Crippen LogP contribution in [-0.2, 0) is 11.3 Å². The molecule has 3 rings (SSSR count). The molecule has 1 aromatic heterocycles. The van der Waals surface area contributed by atoms with Gasteiger partial charge in [0.1, 0.15) is 0 Å². The Morgan fingerprint density at radius 2 is 2.14 bits per heavy atom. The fraction of sp³-hybridized carbons (Fsp3) is 0.733. The van der Waals surface area contributed by atoms with E-state index in [0.29, 0.717) is 18.7 Å². The number of aromatic nitrogens is 2. The SMILES string of the molecule is CCOC(=O)N1CCC(n2cncc2CNC2CC2)CC1. The maximum atomic E-state index is 11.7. The summed E-state index contributed by atoms with van der Waals surface area (Å²) in [5, 5.41) is 3.54. The third-order valence-corrected chi connectivity index (χ3v) is 4.28. The summed E-state index contributed by atoms with van der Waals surface area (Å²) < 4.78 is 7.34. The Morgan fingerprint density at radius 3 is 2.81 bits per heavy atom. The number of amides is 1. The molecule has 2 heterocycles. The van der Waals surface area contributed by atoms with Gasteiger partial charge in [0.25, 0.3) is 0 Å². The second-order valence-electron chi connectivity index (χ2n) is 5.86. The van der Waals surface area contributed by atoms with Crippen molar-refractivity contribution in [3.63, 3.8) is 0 Å². The number of hydrogen-bond donors (Lipinski definition) is 1. The van der Waals surface area contributed by atoms with Crippen LogP contribution in [0, 0.1) is 0 Å². The number of carbonyl (C=O) groups excluding carboxylic acids is 1. The molecule has 1 N–H and O–H groups in total. The van der Waals surface area contributed by atoms with Gasteiger partial charge in [-0.15, -0.1) is 0 Å². The van der Waals surface area contributed by atoms with Crippen molar-refractivity contribution >= 4 is 6.09 Å². The van der Waals surface area contributed by atoms with E-state index in [1.54, 1.807) is 4.90 Å². The topological polar surface area (TPSA) is 59.4 Å². The van der Waals surface area contributed by atoms with Crippen molar-refractivity contribution in [2.75, 3.05) is 19.7 Å². The summed E-state index contributed by atoms with van der Waals surface area (Å²) in [6.07, 6.45) is 8.22. The maximum absolute atomic E-state index is 11.7. The van der Waals surface area contributed by atoms with Crippen LogP contribution in [0.1, 0.15) is 44.3 Å². The summed E-state index contributed by atoms with van der Waals surface area (Å²) in [5.41, 5.74) is 1.25. The molecule has 0 bridgehead atoms. The highest BCUT2D eigenvalue weighted by Gasteiger charge is 2.26. The zero-order valence-corrected chi connectivity index (χ0v) is 12.6. The van der Waals surface area contributed by atoms with Gasteiger partial charge in [0.15, 0.2) is 0 Å². The summed E-state index contributed by atoms with van der Waals surface area (Å²) in [6, 6.07) is 1.15. The average Bonchev–Trinajstić information content (AvgIpc) is 3.22. The third kappa shape index (κ3) is 3.56. The predicted molar refractivity (Wildman–Crippen MR) is 79.0 cm³/mol. The predicted octanol–water partition coefficient (Wildman–Crippen LogP) is 1.93. The Labute approximate surface area is 125 Å². The fourth-order valence-electron chi connectivity index (χ4n) is 2.88. The van der Waals surface area contributed by atoms with Gasteiger partial charge in [-0.05, 0) is 32.6 Å². The minimum absolute atomic E-state index is 0.183. The number of likely N-dealkylation sites (tertiary alicyclic amines) is 1. The minimum Gasteiger partial charge on any atom is -0.450 e. The van der Waals surface area contributed by atoms with Crippen molar-refractivity contribution in [2.24, 2.45) is 0 Å². The van der Waals surface area contributed by atoms with E-state index in [1.807, 2.05) is 19.4 Å². The van der Waals surface area contributed by atoms with Gasteiger partial charge in [-0.25, -0.2) is 9.78 Å². The number of ether oxygens (including phenoxy) is 1. The highest BCUT2D eigenvalue weighted by Crippen LogP contribution is 2.25. The molecule has 1 aliphatic heterocycles. The number of rotatable bonds is 5. The van der Waals surface area contributed by atoms with Crippen molar-refractivity contribution in [3.8, 4) is 0 Å². The Balaban J connectivity index is 1.54. The van der Waals surface area contributed by atoms with Crippen LogP contribution in [0.3, 0.4) is 0 Å². The highest BCUT2D eigenvalue weighted by atomic mass is 16.6. The molecular formula is C15H24N4O2. The largest absolute Gasteiger partial charge is 0.450 e. The molecule has 0 spiro atoms. The zero-order valence-electron chi connectivity index (χ0n) is 12.6. The number of nitrogens with zero attached hydrogens (tertiary/aromatic N) is 3. The molecule has 0 aromatic carbocycles. The normalized spacial score (nSPS) is 19.8. The number of piperidine rings is 1. The van der Waals surface area contributed by atoms with E-state index in [4.69, 9.17) is 4.74 Å². The van der Waals surface area contributed by atoms with E-state index in [0.717, 1.165) is 32.5 Å². The number of carbonyl (C=O) groups is 1. The van der Waals surface area contributed by atoms with Gasteiger partial charge in [0.2, 0.25) is 0 Å². The van der Waals surface area contributed by atoms with Crippen LogP contribution >= 0.6 is 0 Å². The van der Waals surface area contributed by atoms with Crippen LogP contribution in [0.5, 0.6) is 0 Å². The molecule has 1 aromatic rings. The molecule has 6 nitrogen and oxygen atoms in total. The molecule has 0 radical (unpaired) electrons. The number of nitrogens with one attached hydrogen (secondary N) is 1. The van der Waals surface area contributed by atoms with Gasteiger partial charge < -0.3 is 19.5 Å². The van der Waals surface area contributed by atoms with Gasteiger partial charge in [0, 0.05) is 37.9 Å². The Kier molecular flexibility index (Phi) is 4.43. The minimum atomic E-state index is -0.183. The van der Waals surface area contributed by atoms with E-state index < -0.39 is 0 Å². The summed E-state index contributed by atoms with van der Waals surface area (Å²) >= 11 is 0. The molecule has 1 saturated carbocycles. The average molecular weight is 292 g/mol. The Bertz CT molecular complexity index is 476. The second-order valence-corrected chi connectivity index (χ2v) is 5.86. The van der Waals surface area contributed by atoms with Crippen LogP contribution < -0.4 is 5.32 Å². The first-order chi connectivity index (χ1) is 10.3. The summed E-state index contributed by atoms with van der Waals surface area (Å²) in [5.74, 6) is 0. The molecule has 0 atom stereocenters. The molecule has 116 valence electrons. The zero-order chi connectivity index (χ0) is 14.7. The van der Waals surface area contributed by atoms with Crippen molar-refractivity contribution in [2.45, 2.75) is 51.2 Å². The molecule has 1 aliphatic carbocycles. The molecular weight excluding hydrogens is 268 g/mol. The van der Waals surface area contributed by atoms with Gasteiger partial charge in [-0.2, -0.15) is 0 Å². The maximum Gasteiger partial charge on any atom is 0.409 e. The van der Waals surface area contributed by atoms with Crippen molar-refractivity contribution in [1.29, 1.82) is 0 Å². The lowest BCUT2D eigenvalue weighted by molar-refractivity contribution is 0.0924. The lowest BCUT2D eigenvalue weighted by Gasteiger charge is -2.32. The Morgan fingerprint density at radius 1 is 1.38 bits per heavy atom. The first kappa shape index (κ1) is 14.4. The lowest BCUT2D eigenvalue weighted by atomic mass is 10.0. The van der Waals surface area contributed by atoms with E-state index >= 15 is 0 Å². The molecule has 21 heavy (non-hydrogen) atoms. The summed E-state index contributed by atoms with van der Waals surface area (Å²) in [6.45, 7) is 4.70. The van der Waals surface area contributed by atoms with Crippen LogP contribution in [0.2, 0.25) is 0 Å². The van der Waals surface area contributed by atoms with Crippen LogP contribution in [0.15, 0.2) is 12.5 Å². The summed E-state index contributed by atoms with van der Waals surface area (Å²) in [4.78, 5) is 17.8. The molecule has 6 heteroatoms. The number of hydrogen-bond acceptors (Lipinski definition) is 4. The third-order valence-electron chi connectivity index (χ3n) is 4.28. The van der Waals surface area contributed by atoms with Crippen molar-refractivity contribution in [3.05, 3.63) is 18.2 Å². The quantitative estimate of drug-likeness (QED) is 0.901. The molecule has 1 amide bonds. The van der Waals surface area contributed by atoms with E-state index in [-0.39, 0.29) is 6.09 Å². The smallest absolute Gasteiger partial charge is 0.409 e. The van der Waals surface area contributed by atoms with Crippen molar-refractivity contribution < 1.29 is 9.53 Å². The van der Waals surface area contributed by atoms with E-state index in [2.05, 4.69) is 14.9 Å². The van der Waals surface area contributed by atoms with Gasteiger partial charge in [-0.3, -0.25) is 0 Å². The first-order valence-electron chi connectivity index (χ1n) is 7.93. The van der Waals surface area contributed by atoms with Gasteiger partial charge in [0.05, 0.1) is 18.6 Å². The van der Waals surface area contributed by atoms with Crippen LogP contribution in [-0.4, -0.2) is 46.3 Å². The number of imidazole rings is 1. The lowest BCUT2D eigenvalue weighted by Crippen LogP contribution is -2.39. The van der Waals surface area contributed by atoms with Crippen LogP contribution in [0.4, 0.5) is 4.79 Å². The highest BCUT2D eigenvalue weighted by molar-refractivity contribution is 5.67. The summed E-state index contributed by atoms with van der Waals surface area (Å²) in [7, 11) is 0. The molecule has 2 aliphatic rings. The first-order valence-corrected chi connectivity index (χ1v) is 7.93. The molecule has 0 unspecified atom stereocenters. The Hall–Kier alpha value is -1.56. The van der Waals surface area contributed by atoms with Gasteiger partial charge >= 0.3 is 6.09 Å². The van der Waals surface area contributed by atoms with Crippen molar-refractivity contribution in [1.82, 2.24) is 19.8 Å².